The molecule has 196 valence electrons. The highest BCUT2D eigenvalue weighted by Crippen LogP contribution is 2.28. The van der Waals surface area contributed by atoms with Crippen molar-refractivity contribution in [1.29, 1.82) is 5.41 Å². The van der Waals surface area contributed by atoms with Crippen molar-refractivity contribution in [3.8, 4) is 0 Å². The molecular formula is C24H36N8O3S. The number of nitrogens with zero attached hydrogens (tertiary/aromatic N) is 4. The van der Waals surface area contributed by atoms with Crippen molar-refractivity contribution in [2.45, 2.75) is 57.3 Å². The van der Waals surface area contributed by atoms with Gasteiger partial charge in [-0.25, -0.2) is 4.98 Å². The van der Waals surface area contributed by atoms with E-state index in [4.69, 9.17) is 31.8 Å². The van der Waals surface area contributed by atoms with Gasteiger partial charge in [-0.15, -0.1) is 0 Å². The highest BCUT2D eigenvalue weighted by atomic mass is 32.1. The lowest BCUT2D eigenvalue weighted by Crippen LogP contribution is -2.46. The summed E-state index contributed by atoms with van der Waals surface area (Å²) in [5.41, 5.74) is 1.83. The highest BCUT2D eigenvalue weighted by Gasteiger charge is 2.27. The van der Waals surface area contributed by atoms with Crippen LogP contribution in [-0.2, 0) is 20.8 Å². The normalized spacial score (nSPS) is 25.4. The van der Waals surface area contributed by atoms with Gasteiger partial charge in [-0.1, -0.05) is 12.2 Å². The summed E-state index contributed by atoms with van der Waals surface area (Å²) in [5, 5.41) is 19.6. The number of nitrogens with one attached hydrogen (secondary N) is 4. The Labute approximate surface area is 216 Å². The molecule has 3 fully saturated rings. The SMILES string of the molecule is CC(=N)c1c(NC2CCC(N3CCOCC3)CC2)[nH]c(Nc2cnn(C[C@H]3COCCO3)c2)nc1=S. The molecule has 2 aromatic rings. The van der Waals surface area contributed by atoms with E-state index in [-0.39, 0.29) is 6.10 Å². The summed E-state index contributed by atoms with van der Waals surface area (Å²) in [5.74, 6) is 1.27. The molecule has 12 heteroatoms. The number of hydrogen-bond acceptors (Lipinski definition) is 10. The minimum absolute atomic E-state index is 0.000535. The highest BCUT2D eigenvalue weighted by molar-refractivity contribution is 7.71. The lowest BCUT2D eigenvalue weighted by atomic mass is 9.90. The van der Waals surface area contributed by atoms with Gasteiger partial charge in [-0.05, 0) is 32.6 Å². The number of morpholine rings is 1. The van der Waals surface area contributed by atoms with Crippen LogP contribution >= 0.6 is 12.2 Å². The molecule has 2 saturated heterocycles. The van der Waals surface area contributed by atoms with Gasteiger partial charge in [0.25, 0.3) is 0 Å². The van der Waals surface area contributed by atoms with E-state index < -0.39 is 0 Å². The van der Waals surface area contributed by atoms with E-state index in [0.717, 1.165) is 63.5 Å². The zero-order valence-electron chi connectivity index (χ0n) is 20.8. The van der Waals surface area contributed by atoms with Gasteiger partial charge in [0.2, 0.25) is 5.95 Å². The van der Waals surface area contributed by atoms with Crippen LogP contribution in [0.25, 0.3) is 0 Å². The molecule has 0 bridgehead atoms. The largest absolute Gasteiger partial charge is 0.379 e. The van der Waals surface area contributed by atoms with E-state index in [1.54, 1.807) is 13.1 Å². The molecule has 0 aromatic carbocycles. The van der Waals surface area contributed by atoms with Crippen molar-refractivity contribution in [2.75, 3.05) is 56.8 Å². The molecule has 0 spiro atoms. The second-order valence-electron chi connectivity index (χ2n) is 9.71. The summed E-state index contributed by atoms with van der Waals surface area (Å²) < 4.78 is 18.9. The molecule has 2 aliphatic heterocycles. The lowest BCUT2D eigenvalue weighted by Gasteiger charge is -2.39. The van der Waals surface area contributed by atoms with Gasteiger partial charge in [-0.3, -0.25) is 9.58 Å². The Morgan fingerprint density at radius 1 is 1.17 bits per heavy atom. The molecule has 36 heavy (non-hydrogen) atoms. The second kappa shape index (κ2) is 11.8. The molecule has 4 N–H and O–H groups in total. The van der Waals surface area contributed by atoms with E-state index in [0.29, 0.717) is 60.3 Å². The molecule has 1 atom stereocenters. The molecule has 1 saturated carbocycles. The van der Waals surface area contributed by atoms with E-state index in [9.17, 15) is 0 Å². The van der Waals surface area contributed by atoms with Crippen LogP contribution in [0.4, 0.5) is 17.5 Å². The van der Waals surface area contributed by atoms with Gasteiger partial charge < -0.3 is 35.2 Å². The number of ether oxygens (including phenoxy) is 3. The third kappa shape index (κ3) is 6.30. The second-order valence-corrected chi connectivity index (χ2v) is 10.1. The predicted octanol–water partition coefficient (Wildman–Crippen LogP) is 2.94. The number of rotatable bonds is 8. The third-order valence-electron chi connectivity index (χ3n) is 7.07. The van der Waals surface area contributed by atoms with Crippen LogP contribution < -0.4 is 10.6 Å². The molecule has 5 rings (SSSR count). The van der Waals surface area contributed by atoms with Crippen LogP contribution in [0.1, 0.15) is 38.2 Å². The average molecular weight is 517 g/mol. The molecule has 11 nitrogen and oxygen atoms in total. The smallest absolute Gasteiger partial charge is 0.207 e. The van der Waals surface area contributed by atoms with E-state index in [1.807, 2.05) is 10.9 Å². The first-order valence-corrected chi connectivity index (χ1v) is 13.2. The van der Waals surface area contributed by atoms with Crippen molar-refractivity contribution in [3.05, 3.63) is 22.6 Å². The first-order chi connectivity index (χ1) is 17.5. The molecule has 0 radical (unpaired) electrons. The maximum Gasteiger partial charge on any atom is 0.207 e. The number of hydrogen-bond donors (Lipinski definition) is 4. The molecule has 0 unspecified atom stereocenters. The fourth-order valence-electron chi connectivity index (χ4n) is 5.24. The Kier molecular flexibility index (Phi) is 8.27. The fourth-order valence-corrected chi connectivity index (χ4v) is 5.58. The topological polar surface area (TPSA) is 125 Å². The van der Waals surface area contributed by atoms with Gasteiger partial charge in [0.1, 0.15) is 16.6 Å². The van der Waals surface area contributed by atoms with Crippen LogP contribution in [0.15, 0.2) is 12.4 Å². The van der Waals surface area contributed by atoms with Gasteiger partial charge >= 0.3 is 0 Å². The maximum absolute atomic E-state index is 8.28. The Morgan fingerprint density at radius 2 is 1.97 bits per heavy atom. The van der Waals surface area contributed by atoms with Crippen LogP contribution in [0.2, 0.25) is 0 Å². The predicted molar refractivity (Wildman–Crippen MR) is 140 cm³/mol. The minimum Gasteiger partial charge on any atom is -0.379 e. The van der Waals surface area contributed by atoms with E-state index in [1.165, 1.54) is 0 Å². The summed E-state index contributed by atoms with van der Waals surface area (Å²) in [6.07, 6.45) is 8.11. The van der Waals surface area contributed by atoms with Crippen molar-refractivity contribution >= 4 is 35.4 Å². The van der Waals surface area contributed by atoms with Crippen molar-refractivity contribution in [2.24, 2.45) is 0 Å². The summed E-state index contributed by atoms with van der Waals surface area (Å²) in [6.45, 7) is 7.94. The number of aromatic nitrogens is 4. The summed E-state index contributed by atoms with van der Waals surface area (Å²) in [7, 11) is 0. The number of H-pyrrole nitrogens is 1. The molecule has 1 aliphatic carbocycles. The standard InChI is InChI=1S/C24H36N8O3S/c1-16(25)21-22(27-17-2-4-19(5-3-17)31-6-8-33-9-7-31)29-24(30-23(21)36)28-18-12-26-32(13-18)14-20-15-34-10-11-35-20/h12-13,17,19-20,25H,2-11,14-15H2,1H3,(H3,27,28,29,30,36)/t17?,19?,20-/m0/s1. The van der Waals surface area contributed by atoms with E-state index in [2.05, 4.69) is 30.6 Å². The summed E-state index contributed by atoms with van der Waals surface area (Å²) in [4.78, 5) is 10.4. The maximum atomic E-state index is 8.28. The van der Waals surface area contributed by atoms with E-state index >= 15 is 0 Å². The van der Waals surface area contributed by atoms with Gasteiger partial charge in [0, 0.05) is 37.1 Å². The zero-order valence-corrected chi connectivity index (χ0v) is 21.6. The minimum atomic E-state index is -0.000535. The van der Waals surface area contributed by atoms with Crippen LogP contribution in [0.5, 0.6) is 0 Å². The lowest BCUT2D eigenvalue weighted by molar-refractivity contribution is -0.0946. The monoisotopic (exact) mass is 516 g/mol. The Hall–Kier alpha value is -2.38. The Balaban J connectivity index is 1.24. The molecule has 0 amide bonds. The van der Waals surface area contributed by atoms with Gasteiger partial charge in [0.15, 0.2) is 0 Å². The fraction of sp³-hybridized carbons (Fsp3) is 0.667. The number of anilines is 3. The Bertz CT molecular complexity index is 1090. The molecule has 4 heterocycles. The Morgan fingerprint density at radius 3 is 2.69 bits per heavy atom. The third-order valence-corrected chi connectivity index (χ3v) is 7.37. The van der Waals surface area contributed by atoms with Crippen molar-refractivity contribution in [3.63, 3.8) is 0 Å². The van der Waals surface area contributed by atoms with Crippen molar-refractivity contribution in [1.82, 2.24) is 24.6 Å². The molecule has 3 aliphatic rings. The van der Waals surface area contributed by atoms with Crippen LogP contribution in [0, 0.1) is 10.0 Å². The number of aromatic amines is 1. The first kappa shape index (κ1) is 25.3. The van der Waals surface area contributed by atoms with Crippen LogP contribution in [-0.4, -0.2) is 94.7 Å². The molecular weight excluding hydrogens is 480 g/mol. The average Bonchev–Trinajstić information content (AvgIpc) is 3.31. The molecule has 2 aromatic heterocycles. The quantitative estimate of drug-likeness (QED) is 0.309. The zero-order chi connectivity index (χ0) is 24.9. The summed E-state index contributed by atoms with van der Waals surface area (Å²) >= 11 is 5.58. The first-order valence-electron chi connectivity index (χ1n) is 12.8. The van der Waals surface area contributed by atoms with Gasteiger partial charge in [-0.2, -0.15) is 5.10 Å². The van der Waals surface area contributed by atoms with Gasteiger partial charge in [0.05, 0.1) is 57.0 Å². The van der Waals surface area contributed by atoms with Crippen LogP contribution in [0.3, 0.4) is 0 Å². The summed E-state index contributed by atoms with van der Waals surface area (Å²) in [6, 6.07) is 0.952. The van der Waals surface area contributed by atoms with Crippen molar-refractivity contribution < 1.29 is 14.2 Å².